The van der Waals surface area contributed by atoms with Gasteiger partial charge < -0.3 is 15.7 Å². The minimum atomic E-state index is -0.491. The highest BCUT2D eigenvalue weighted by molar-refractivity contribution is 5.66. The van der Waals surface area contributed by atoms with E-state index in [-0.39, 0.29) is 23.5 Å². The number of nitrogens with two attached hydrogens (primary N) is 1. The third-order valence-electron chi connectivity index (χ3n) is 3.81. The van der Waals surface area contributed by atoms with Crippen LogP contribution in [0, 0.1) is 10.1 Å². The Kier molecular flexibility index (Phi) is 3.90. The van der Waals surface area contributed by atoms with Crippen molar-refractivity contribution in [2.45, 2.75) is 37.8 Å². The van der Waals surface area contributed by atoms with Gasteiger partial charge in [0.25, 0.3) is 5.69 Å². The molecule has 1 saturated carbocycles. The fourth-order valence-corrected chi connectivity index (χ4v) is 2.66. The molecule has 0 bridgehead atoms. The molecule has 6 nitrogen and oxygen atoms in total. The van der Waals surface area contributed by atoms with Gasteiger partial charge in [-0.05, 0) is 25.0 Å². The summed E-state index contributed by atoms with van der Waals surface area (Å²) in [6.07, 6.45) is 3.52. The maximum Gasteiger partial charge on any atom is 0.292 e. The number of aliphatic hydroxyl groups is 1. The number of nitrogen functional groups attached to an aromatic ring is 1. The van der Waals surface area contributed by atoms with Crippen LogP contribution in [0.25, 0.3) is 0 Å². The molecular formula is C13H19N3O3. The average molecular weight is 265 g/mol. The first-order valence-corrected chi connectivity index (χ1v) is 6.45. The van der Waals surface area contributed by atoms with E-state index in [9.17, 15) is 15.2 Å². The van der Waals surface area contributed by atoms with Gasteiger partial charge in [0.15, 0.2) is 0 Å². The predicted molar refractivity (Wildman–Crippen MR) is 74.2 cm³/mol. The van der Waals surface area contributed by atoms with Gasteiger partial charge >= 0.3 is 0 Å². The highest BCUT2D eigenvalue weighted by atomic mass is 16.6. The number of nitro groups is 1. The van der Waals surface area contributed by atoms with Gasteiger partial charge in [-0.3, -0.25) is 10.1 Å². The van der Waals surface area contributed by atoms with Gasteiger partial charge in [-0.1, -0.05) is 12.8 Å². The van der Waals surface area contributed by atoms with Crippen LogP contribution < -0.4 is 10.6 Å². The fourth-order valence-electron chi connectivity index (χ4n) is 2.66. The summed E-state index contributed by atoms with van der Waals surface area (Å²) >= 11 is 0. The molecule has 1 aromatic carbocycles. The molecule has 0 amide bonds. The van der Waals surface area contributed by atoms with E-state index in [4.69, 9.17) is 5.73 Å². The molecule has 19 heavy (non-hydrogen) atoms. The van der Waals surface area contributed by atoms with Gasteiger partial charge in [0.1, 0.15) is 5.69 Å². The molecule has 1 aliphatic rings. The molecule has 2 atom stereocenters. The molecule has 0 aromatic heterocycles. The lowest BCUT2D eigenvalue weighted by atomic mass is 9.91. The van der Waals surface area contributed by atoms with Crippen LogP contribution in [0.4, 0.5) is 17.1 Å². The van der Waals surface area contributed by atoms with E-state index < -0.39 is 4.92 Å². The van der Waals surface area contributed by atoms with Gasteiger partial charge in [-0.25, -0.2) is 0 Å². The first kappa shape index (κ1) is 13.6. The molecule has 3 N–H and O–H groups in total. The van der Waals surface area contributed by atoms with Crippen molar-refractivity contribution in [3.05, 3.63) is 28.3 Å². The predicted octanol–water partition coefficient (Wildman–Crippen LogP) is 1.92. The van der Waals surface area contributed by atoms with E-state index in [0.717, 1.165) is 31.4 Å². The van der Waals surface area contributed by atoms with E-state index in [0.29, 0.717) is 0 Å². The Morgan fingerprint density at radius 1 is 1.42 bits per heavy atom. The monoisotopic (exact) mass is 265 g/mol. The minimum Gasteiger partial charge on any atom is -0.393 e. The van der Waals surface area contributed by atoms with Crippen LogP contribution >= 0.6 is 0 Å². The lowest BCUT2D eigenvalue weighted by Crippen LogP contribution is -2.43. The summed E-state index contributed by atoms with van der Waals surface area (Å²) in [5.41, 5.74) is 6.56. The number of likely N-dealkylation sites (N-methyl/N-ethyl adjacent to an activating group) is 1. The zero-order valence-electron chi connectivity index (χ0n) is 11.0. The first-order valence-electron chi connectivity index (χ1n) is 6.45. The van der Waals surface area contributed by atoms with Crippen molar-refractivity contribution >= 4 is 17.1 Å². The summed E-state index contributed by atoms with van der Waals surface area (Å²) in [7, 11) is 1.89. The molecule has 0 radical (unpaired) electrons. The maximum absolute atomic E-state index is 10.7. The van der Waals surface area contributed by atoms with Crippen LogP contribution in [0.5, 0.6) is 0 Å². The molecule has 2 rings (SSSR count). The standard InChI is InChI=1S/C13H19N3O3/c1-15(12-4-2-3-5-13(12)17)9-6-7-11(16(18)19)10(14)8-9/h6-8,12-13,17H,2-5,14H2,1H3. The smallest absolute Gasteiger partial charge is 0.292 e. The van der Waals surface area contributed by atoms with Crippen molar-refractivity contribution < 1.29 is 10.0 Å². The van der Waals surface area contributed by atoms with E-state index in [1.165, 1.54) is 6.07 Å². The molecule has 0 heterocycles. The third-order valence-corrected chi connectivity index (χ3v) is 3.81. The number of nitro benzene ring substituents is 1. The highest BCUT2D eigenvalue weighted by Gasteiger charge is 2.27. The van der Waals surface area contributed by atoms with Gasteiger partial charge in [0, 0.05) is 18.8 Å². The Labute approximate surface area is 112 Å². The maximum atomic E-state index is 10.7. The SMILES string of the molecule is CN(c1ccc([N+](=O)[O-])c(N)c1)C1CCCCC1O. The van der Waals surface area contributed by atoms with E-state index in [1.54, 1.807) is 12.1 Å². The van der Waals surface area contributed by atoms with Gasteiger partial charge in [-0.2, -0.15) is 0 Å². The summed E-state index contributed by atoms with van der Waals surface area (Å²) in [4.78, 5) is 12.2. The molecule has 0 saturated heterocycles. The normalized spacial score (nSPS) is 23.1. The summed E-state index contributed by atoms with van der Waals surface area (Å²) in [6, 6.07) is 4.74. The topological polar surface area (TPSA) is 92.6 Å². The van der Waals surface area contributed by atoms with E-state index in [2.05, 4.69) is 0 Å². The Bertz CT molecular complexity index is 478. The number of hydrogen-bond donors (Lipinski definition) is 2. The van der Waals surface area contributed by atoms with Gasteiger partial charge in [0.05, 0.1) is 17.1 Å². The summed E-state index contributed by atoms with van der Waals surface area (Å²) in [5.74, 6) is 0. The van der Waals surface area contributed by atoms with Crippen LogP contribution in [0.1, 0.15) is 25.7 Å². The lowest BCUT2D eigenvalue weighted by molar-refractivity contribution is -0.383. The number of aliphatic hydroxyl groups excluding tert-OH is 1. The van der Waals surface area contributed by atoms with Crippen LogP contribution in [-0.4, -0.2) is 29.2 Å². The Morgan fingerprint density at radius 3 is 2.68 bits per heavy atom. The second-order valence-corrected chi connectivity index (χ2v) is 5.03. The van der Waals surface area contributed by atoms with E-state index in [1.807, 2.05) is 11.9 Å². The Balaban J connectivity index is 2.21. The average Bonchev–Trinajstić information content (AvgIpc) is 2.38. The van der Waals surface area contributed by atoms with Crippen molar-refractivity contribution in [1.82, 2.24) is 0 Å². The molecule has 1 fully saturated rings. The van der Waals surface area contributed by atoms with Crippen molar-refractivity contribution in [3.63, 3.8) is 0 Å². The second kappa shape index (κ2) is 5.44. The number of nitrogens with zero attached hydrogens (tertiary/aromatic N) is 2. The molecular weight excluding hydrogens is 246 g/mol. The number of benzene rings is 1. The van der Waals surface area contributed by atoms with Crippen molar-refractivity contribution in [2.75, 3.05) is 17.7 Å². The largest absolute Gasteiger partial charge is 0.393 e. The number of hydrogen-bond acceptors (Lipinski definition) is 5. The fraction of sp³-hybridized carbons (Fsp3) is 0.538. The zero-order valence-corrected chi connectivity index (χ0v) is 11.0. The minimum absolute atomic E-state index is 0.0506. The number of rotatable bonds is 3. The summed E-state index contributed by atoms with van der Waals surface area (Å²) in [6.45, 7) is 0. The molecule has 6 heteroatoms. The van der Waals surface area contributed by atoms with Crippen LogP contribution in [-0.2, 0) is 0 Å². The van der Waals surface area contributed by atoms with Crippen LogP contribution in [0.15, 0.2) is 18.2 Å². The first-order chi connectivity index (χ1) is 9.00. The molecule has 104 valence electrons. The van der Waals surface area contributed by atoms with Crippen LogP contribution in [0.3, 0.4) is 0 Å². The quantitative estimate of drug-likeness (QED) is 0.495. The molecule has 1 aromatic rings. The Hall–Kier alpha value is -1.82. The van der Waals surface area contributed by atoms with E-state index >= 15 is 0 Å². The molecule has 0 aliphatic heterocycles. The lowest BCUT2D eigenvalue weighted by Gasteiger charge is -2.36. The molecule has 0 spiro atoms. The van der Waals surface area contributed by atoms with Gasteiger partial charge in [0.2, 0.25) is 0 Å². The molecule has 2 unspecified atom stereocenters. The second-order valence-electron chi connectivity index (χ2n) is 5.03. The molecule has 1 aliphatic carbocycles. The third kappa shape index (κ3) is 2.78. The summed E-state index contributed by atoms with van der Waals surface area (Å²) in [5, 5.41) is 20.8. The van der Waals surface area contributed by atoms with Crippen molar-refractivity contribution in [2.24, 2.45) is 0 Å². The Morgan fingerprint density at radius 2 is 2.11 bits per heavy atom. The summed E-state index contributed by atoms with van der Waals surface area (Å²) < 4.78 is 0. The van der Waals surface area contributed by atoms with Crippen LogP contribution in [0.2, 0.25) is 0 Å². The van der Waals surface area contributed by atoms with Crippen molar-refractivity contribution in [3.8, 4) is 0 Å². The van der Waals surface area contributed by atoms with Crippen molar-refractivity contribution in [1.29, 1.82) is 0 Å². The number of anilines is 2. The highest BCUT2D eigenvalue weighted by Crippen LogP contribution is 2.30. The van der Waals surface area contributed by atoms with Gasteiger partial charge in [-0.15, -0.1) is 0 Å². The zero-order chi connectivity index (χ0) is 14.0.